The molecule has 2 N–H and O–H groups in total. The summed E-state index contributed by atoms with van der Waals surface area (Å²) in [5, 5.41) is 2.22. The van der Waals surface area contributed by atoms with Crippen molar-refractivity contribution in [1.82, 2.24) is 0 Å². The molecule has 1 heterocycles. The molecule has 0 radical (unpaired) electrons. The van der Waals surface area contributed by atoms with Crippen molar-refractivity contribution >= 4 is 29.1 Å². The van der Waals surface area contributed by atoms with E-state index >= 15 is 0 Å². The number of thioether (sulfide) groups is 1. The molecular weight excluding hydrogens is 242 g/mol. The molecule has 5 heteroatoms. The number of aryl methyl sites for hydroxylation is 1. The van der Waals surface area contributed by atoms with Crippen molar-refractivity contribution in [1.29, 1.82) is 0 Å². The van der Waals surface area contributed by atoms with Crippen molar-refractivity contribution in [3.05, 3.63) is 21.9 Å². The van der Waals surface area contributed by atoms with Crippen molar-refractivity contribution in [3.8, 4) is 0 Å². The van der Waals surface area contributed by atoms with Crippen LogP contribution in [-0.4, -0.2) is 24.9 Å². The van der Waals surface area contributed by atoms with E-state index in [1.54, 1.807) is 23.1 Å². The van der Waals surface area contributed by atoms with Crippen molar-refractivity contribution in [2.45, 2.75) is 25.1 Å². The second-order valence-corrected chi connectivity index (χ2v) is 5.71. The van der Waals surface area contributed by atoms with Gasteiger partial charge in [0.2, 0.25) is 0 Å². The second kappa shape index (κ2) is 6.27. The topological polar surface area (TPSA) is 52.3 Å². The first kappa shape index (κ1) is 13.5. The van der Waals surface area contributed by atoms with E-state index in [9.17, 15) is 4.79 Å². The molecule has 0 saturated heterocycles. The van der Waals surface area contributed by atoms with E-state index in [-0.39, 0.29) is 17.3 Å². The molecule has 0 bridgehead atoms. The van der Waals surface area contributed by atoms with Gasteiger partial charge in [-0.1, -0.05) is 0 Å². The summed E-state index contributed by atoms with van der Waals surface area (Å²) in [5.41, 5.74) is 7.20. The summed E-state index contributed by atoms with van der Waals surface area (Å²) < 4.78 is 4.63. The number of rotatable bonds is 5. The van der Waals surface area contributed by atoms with E-state index in [2.05, 4.69) is 23.1 Å². The van der Waals surface area contributed by atoms with E-state index in [1.807, 2.05) is 6.92 Å². The quantitative estimate of drug-likeness (QED) is 0.825. The zero-order valence-electron chi connectivity index (χ0n) is 9.73. The molecule has 0 saturated carbocycles. The molecule has 0 amide bonds. The first-order valence-corrected chi connectivity index (χ1v) is 6.97. The second-order valence-electron chi connectivity index (χ2n) is 3.63. The van der Waals surface area contributed by atoms with Crippen molar-refractivity contribution in [2.75, 3.05) is 12.9 Å². The number of esters is 1. The molecule has 3 nitrogen and oxygen atoms in total. The van der Waals surface area contributed by atoms with E-state index in [0.29, 0.717) is 5.75 Å². The number of carbonyl (C=O) groups is 1. The lowest BCUT2D eigenvalue weighted by Crippen LogP contribution is -2.23. The Kier molecular flexibility index (Phi) is 5.31. The molecule has 0 aliphatic rings. The Balaban J connectivity index is 2.69. The summed E-state index contributed by atoms with van der Waals surface area (Å²) in [6.45, 7) is 4.04. The summed E-state index contributed by atoms with van der Waals surface area (Å²) in [6, 6.07) is 2.10. The molecule has 0 fully saturated rings. The van der Waals surface area contributed by atoms with Gasteiger partial charge in [-0.3, -0.25) is 4.79 Å². The largest absolute Gasteiger partial charge is 0.468 e. The molecule has 16 heavy (non-hydrogen) atoms. The fourth-order valence-corrected chi connectivity index (χ4v) is 3.83. The predicted octanol–water partition coefficient (Wildman–Crippen LogP) is 2.35. The highest BCUT2D eigenvalue weighted by Gasteiger charge is 2.21. The minimum absolute atomic E-state index is 0.0204. The maximum absolute atomic E-state index is 11.1. The van der Waals surface area contributed by atoms with Gasteiger partial charge in [-0.05, 0) is 30.9 Å². The summed E-state index contributed by atoms with van der Waals surface area (Å²) in [6.07, 6.45) is 0. The molecule has 0 aliphatic carbocycles. The van der Waals surface area contributed by atoms with Gasteiger partial charge in [0.15, 0.2) is 0 Å². The third-order valence-electron chi connectivity index (χ3n) is 2.25. The third kappa shape index (κ3) is 3.50. The van der Waals surface area contributed by atoms with Crippen LogP contribution in [0.3, 0.4) is 0 Å². The van der Waals surface area contributed by atoms with E-state index in [4.69, 9.17) is 5.73 Å². The average Bonchev–Trinajstić information content (AvgIpc) is 2.64. The minimum Gasteiger partial charge on any atom is -0.468 e. The van der Waals surface area contributed by atoms with Gasteiger partial charge in [-0.25, -0.2) is 0 Å². The number of hydrogen-bond donors (Lipinski definition) is 1. The standard InChI is InChI=1S/C11H17NO2S2/c1-7-4-5-15-10(7)11(8(2)12)16-6-9(13)14-3/h4-5,8,11H,6,12H2,1-3H3. The average molecular weight is 259 g/mol. The monoisotopic (exact) mass is 259 g/mol. The lowest BCUT2D eigenvalue weighted by molar-refractivity contribution is -0.137. The van der Waals surface area contributed by atoms with E-state index in [0.717, 1.165) is 0 Å². The summed E-state index contributed by atoms with van der Waals surface area (Å²) in [4.78, 5) is 12.4. The van der Waals surface area contributed by atoms with Crippen LogP contribution in [0.2, 0.25) is 0 Å². The molecule has 1 rings (SSSR count). The van der Waals surface area contributed by atoms with Crippen LogP contribution in [0.25, 0.3) is 0 Å². The fourth-order valence-electron chi connectivity index (χ4n) is 1.36. The summed E-state index contributed by atoms with van der Waals surface area (Å²) >= 11 is 3.24. The lowest BCUT2D eigenvalue weighted by Gasteiger charge is -2.19. The smallest absolute Gasteiger partial charge is 0.315 e. The van der Waals surface area contributed by atoms with Gasteiger partial charge in [0, 0.05) is 10.9 Å². The Labute approximate surface area is 104 Å². The van der Waals surface area contributed by atoms with Gasteiger partial charge in [0.1, 0.15) is 0 Å². The SMILES string of the molecule is COC(=O)CSC(c1sccc1C)C(C)N. The van der Waals surface area contributed by atoms with Crippen LogP contribution in [-0.2, 0) is 9.53 Å². The number of carbonyl (C=O) groups excluding carboxylic acids is 1. The highest BCUT2D eigenvalue weighted by atomic mass is 32.2. The van der Waals surface area contributed by atoms with Gasteiger partial charge in [0.05, 0.1) is 18.1 Å². The minimum atomic E-state index is -0.204. The molecule has 1 aromatic heterocycles. The van der Waals surface area contributed by atoms with Gasteiger partial charge < -0.3 is 10.5 Å². The molecule has 2 unspecified atom stereocenters. The van der Waals surface area contributed by atoms with Crippen LogP contribution in [0.15, 0.2) is 11.4 Å². The maximum atomic E-state index is 11.1. The van der Waals surface area contributed by atoms with Crippen LogP contribution >= 0.6 is 23.1 Å². The van der Waals surface area contributed by atoms with Crippen LogP contribution in [0.5, 0.6) is 0 Å². The van der Waals surface area contributed by atoms with Crippen LogP contribution in [0, 0.1) is 6.92 Å². The predicted molar refractivity (Wildman–Crippen MR) is 69.9 cm³/mol. The molecular formula is C11H17NO2S2. The van der Waals surface area contributed by atoms with Crippen molar-refractivity contribution in [2.24, 2.45) is 5.73 Å². The number of nitrogens with two attached hydrogens (primary N) is 1. The zero-order valence-corrected chi connectivity index (χ0v) is 11.4. The fraction of sp³-hybridized carbons (Fsp3) is 0.545. The molecule has 0 aliphatic heterocycles. The van der Waals surface area contributed by atoms with Crippen molar-refractivity contribution in [3.63, 3.8) is 0 Å². The Morgan fingerprint density at radius 2 is 2.38 bits per heavy atom. The van der Waals surface area contributed by atoms with Crippen LogP contribution in [0.1, 0.15) is 22.6 Å². The summed E-state index contributed by atoms with van der Waals surface area (Å²) in [7, 11) is 1.40. The number of methoxy groups -OCH3 is 1. The number of ether oxygens (including phenoxy) is 1. The maximum Gasteiger partial charge on any atom is 0.315 e. The van der Waals surface area contributed by atoms with E-state index in [1.165, 1.54) is 17.6 Å². The Morgan fingerprint density at radius 1 is 1.69 bits per heavy atom. The third-order valence-corrected chi connectivity index (χ3v) is 4.92. The highest BCUT2D eigenvalue weighted by Crippen LogP contribution is 2.36. The first-order valence-electron chi connectivity index (χ1n) is 5.04. The molecule has 1 aromatic rings. The van der Waals surface area contributed by atoms with Crippen LogP contribution < -0.4 is 5.73 Å². The molecule has 0 aromatic carbocycles. The number of thiophene rings is 1. The van der Waals surface area contributed by atoms with Crippen LogP contribution in [0.4, 0.5) is 0 Å². The zero-order chi connectivity index (χ0) is 12.1. The first-order chi connectivity index (χ1) is 7.56. The van der Waals surface area contributed by atoms with Gasteiger partial charge in [-0.15, -0.1) is 23.1 Å². The van der Waals surface area contributed by atoms with Crippen molar-refractivity contribution < 1.29 is 9.53 Å². The normalized spacial score (nSPS) is 14.5. The lowest BCUT2D eigenvalue weighted by atomic mass is 10.1. The molecule has 0 spiro atoms. The number of hydrogen-bond acceptors (Lipinski definition) is 5. The van der Waals surface area contributed by atoms with Gasteiger partial charge >= 0.3 is 5.97 Å². The van der Waals surface area contributed by atoms with Gasteiger partial charge in [0.25, 0.3) is 0 Å². The molecule has 90 valence electrons. The Hall–Kier alpha value is -0.520. The Morgan fingerprint density at radius 3 is 2.81 bits per heavy atom. The molecule has 2 atom stereocenters. The summed E-state index contributed by atoms with van der Waals surface area (Å²) in [5.74, 6) is 0.143. The van der Waals surface area contributed by atoms with E-state index < -0.39 is 0 Å². The van der Waals surface area contributed by atoms with Gasteiger partial charge in [-0.2, -0.15) is 0 Å². The Bertz CT molecular complexity index is 350. The highest BCUT2D eigenvalue weighted by molar-refractivity contribution is 8.00.